The highest BCUT2D eigenvalue weighted by Crippen LogP contribution is 2.24. The van der Waals surface area contributed by atoms with Crippen molar-refractivity contribution in [2.45, 2.75) is 19.0 Å². The number of aromatic nitrogens is 3. The maximum atomic E-state index is 10.6. The summed E-state index contributed by atoms with van der Waals surface area (Å²) in [4.78, 5) is 10.0. The molecule has 0 bridgehead atoms. The van der Waals surface area contributed by atoms with E-state index in [4.69, 9.17) is 4.42 Å². The zero-order valence-electron chi connectivity index (χ0n) is 13.0. The summed E-state index contributed by atoms with van der Waals surface area (Å²) in [6.45, 7) is 3.92. The summed E-state index contributed by atoms with van der Waals surface area (Å²) in [5.74, 6) is 0.911. The summed E-state index contributed by atoms with van der Waals surface area (Å²) in [5, 5.41) is 21.3. The van der Waals surface area contributed by atoms with Gasteiger partial charge in [-0.05, 0) is 43.5 Å². The van der Waals surface area contributed by atoms with Gasteiger partial charge in [-0.3, -0.25) is 14.7 Å². The molecule has 0 fully saturated rings. The highest BCUT2D eigenvalue weighted by atomic mass is 32.2. The van der Waals surface area contributed by atoms with Gasteiger partial charge in [-0.2, -0.15) is 0 Å². The summed E-state index contributed by atoms with van der Waals surface area (Å²) in [6, 6.07) is 10.9. The number of furan rings is 1. The van der Waals surface area contributed by atoms with E-state index in [-0.39, 0.29) is 5.88 Å². The molecule has 0 N–H and O–H groups in total. The standard InChI is InChI=1S/C16H14N4O3S/c1-11-3-5-13(6-4-11)19-12(2)17-18-16(19)24-10-9-14-7-8-15(23-14)20(21)22/h3-10H,1-2H3/b10-9+. The van der Waals surface area contributed by atoms with Crippen LogP contribution in [0.2, 0.25) is 0 Å². The van der Waals surface area contributed by atoms with Gasteiger partial charge in [0.15, 0.2) is 5.16 Å². The first-order valence-corrected chi connectivity index (χ1v) is 7.99. The monoisotopic (exact) mass is 342 g/mol. The predicted octanol–water partition coefficient (Wildman–Crippen LogP) is 4.15. The van der Waals surface area contributed by atoms with Crippen molar-refractivity contribution in [2.75, 3.05) is 0 Å². The lowest BCUT2D eigenvalue weighted by molar-refractivity contribution is -0.402. The van der Waals surface area contributed by atoms with Gasteiger partial charge >= 0.3 is 5.88 Å². The molecule has 2 aromatic heterocycles. The molecule has 7 nitrogen and oxygen atoms in total. The van der Waals surface area contributed by atoms with Crippen LogP contribution in [0.25, 0.3) is 11.8 Å². The van der Waals surface area contributed by atoms with Crippen molar-refractivity contribution in [1.82, 2.24) is 14.8 Å². The lowest BCUT2D eigenvalue weighted by atomic mass is 10.2. The van der Waals surface area contributed by atoms with E-state index >= 15 is 0 Å². The number of nitro groups is 1. The molecule has 0 spiro atoms. The molecular formula is C16H14N4O3S. The smallest absolute Gasteiger partial charge is 0.401 e. The summed E-state index contributed by atoms with van der Waals surface area (Å²) >= 11 is 1.36. The molecule has 0 radical (unpaired) electrons. The molecule has 24 heavy (non-hydrogen) atoms. The van der Waals surface area contributed by atoms with Gasteiger partial charge in [-0.25, -0.2) is 0 Å². The van der Waals surface area contributed by atoms with Crippen molar-refractivity contribution >= 4 is 23.7 Å². The second-order valence-electron chi connectivity index (χ2n) is 5.05. The minimum atomic E-state index is -0.568. The summed E-state index contributed by atoms with van der Waals surface area (Å²) < 4.78 is 7.02. The Morgan fingerprint density at radius 3 is 2.58 bits per heavy atom. The molecule has 0 saturated heterocycles. The van der Waals surface area contributed by atoms with Crippen LogP contribution >= 0.6 is 11.8 Å². The van der Waals surface area contributed by atoms with Crippen LogP contribution in [0.1, 0.15) is 17.1 Å². The molecule has 0 aliphatic rings. The first-order valence-electron chi connectivity index (χ1n) is 7.11. The number of hydrogen-bond donors (Lipinski definition) is 0. The first-order chi connectivity index (χ1) is 11.5. The van der Waals surface area contributed by atoms with Crippen molar-refractivity contribution in [2.24, 2.45) is 0 Å². The van der Waals surface area contributed by atoms with Gasteiger partial charge in [0.1, 0.15) is 16.5 Å². The van der Waals surface area contributed by atoms with Gasteiger partial charge in [-0.1, -0.05) is 29.5 Å². The van der Waals surface area contributed by atoms with Gasteiger partial charge in [0, 0.05) is 5.69 Å². The Kier molecular flexibility index (Phi) is 4.48. The second-order valence-corrected chi connectivity index (χ2v) is 5.93. The van der Waals surface area contributed by atoms with E-state index in [0.717, 1.165) is 11.5 Å². The predicted molar refractivity (Wildman–Crippen MR) is 91.1 cm³/mol. The first kappa shape index (κ1) is 16.0. The Morgan fingerprint density at radius 2 is 1.92 bits per heavy atom. The van der Waals surface area contributed by atoms with Crippen LogP contribution in [0.3, 0.4) is 0 Å². The molecule has 0 saturated carbocycles. The molecule has 3 aromatic rings. The number of nitrogens with zero attached hydrogens (tertiary/aromatic N) is 4. The van der Waals surface area contributed by atoms with Crippen molar-refractivity contribution in [3.05, 3.63) is 69.1 Å². The van der Waals surface area contributed by atoms with E-state index < -0.39 is 4.92 Å². The third kappa shape index (κ3) is 3.38. The number of aryl methyl sites for hydroxylation is 2. The summed E-state index contributed by atoms with van der Waals surface area (Å²) in [6.07, 6.45) is 1.65. The fraction of sp³-hybridized carbons (Fsp3) is 0.125. The van der Waals surface area contributed by atoms with Crippen molar-refractivity contribution in [1.29, 1.82) is 0 Å². The SMILES string of the molecule is Cc1ccc(-n2c(C)nnc2S/C=C/c2ccc([N+](=O)[O-])o2)cc1. The third-order valence-corrected chi connectivity index (χ3v) is 4.03. The van der Waals surface area contributed by atoms with Crippen LogP contribution in [0, 0.1) is 24.0 Å². The van der Waals surface area contributed by atoms with E-state index in [1.54, 1.807) is 17.6 Å². The number of thioether (sulfide) groups is 1. The topological polar surface area (TPSA) is 87.0 Å². The van der Waals surface area contributed by atoms with Gasteiger partial charge in [0.25, 0.3) is 0 Å². The number of benzene rings is 1. The highest BCUT2D eigenvalue weighted by molar-refractivity contribution is 8.02. The van der Waals surface area contributed by atoms with E-state index in [1.807, 2.05) is 42.7 Å². The molecule has 1 aromatic carbocycles. The van der Waals surface area contributed by atoms with Crippen LogP contribution in [-0.4, -0.2) is 19.7 Å². The van der Waals surface area contributed by atoms with E-state index in [9.17, 15) is 10.1 Å². The number of hydrogen-bond acceptors (Lipinski definition) is 6. The maximum Gasteiger partial charge on any atom is 0.433 e. The molecule has 3 rings (SSSR count). The summed E-state index contributed by atoms with van der Waals surface area (Å²) in [5.41, 5.74) is 2.16. The maximum absolute atomic E-state index is 10.6. The minimum absolute atomic E-state index is 0.279. The lowest BCUT2D eigenvalue weighted by Gasteiger charge is -2.07. The molecule has 0 atom stereocenters. The number of rotatable bonds is 5. The normalized spacial score (nSPS) is 11.2. The lowest BCUT2D eigenvalue weighted by Crippen LogP contribution is -1.98. The minimum Gasteiger partial charge on any atom is -0.401 e. The fourth-order valence-electron chi connectivity index (χ4n) is 2.10. The quantitative estimate of drug-likeness (QED) is 0.393. The van der Waals surface area contributed by atoms with Crippen LogP contribution in [-0.2, 0) is 0 Å². The average molecular weight is 342 g/mol. The molecule has 0 aliphatic heterocycles. The molecular weight excluding hydrogens is 328 g/mol. The van der Waals surface area contributed by atoms with Gasteiger partial charge in [0.05, 0.1) is 6.07 Å². The Morgan fingerprint density at radius 1 is 1.17 bits per heavy atom. The Balaban J connectivity index is 1.79. The molecule has 0 unspecified atom stereocenters. The molecule has 8 heteroatoms. The molecule has 0 aliphatic carbocycles. The van der Waals surface area contributed by atoms with Crippen LogP contribution in [0.15, 0.2) is 51.4 Å². The zero-order valence-corrected chi connectivity index (χ0v) is 13.9. The molecule has 122 valence electrons. The van der Waals surface area contributed by atoms with Crippen molar-refractivity contribution in [3.63, 3.8) is 0 Å². The van der Waals surface area contributed by atoms with Crippen molar-refractivity contribution in [3.8, 4) is 5.69 Å². The van der Waals surface area contributed by atoms with Crippen LogP contribution in [0.4, 0.5) is 5.88 Å². The fourth-order valence-corrected chi connectivity index (χ4v) is 2.86. The largest absolute Gasteiger partial charge is 0.433 e. The Hall–Kier alpha value is -2.87. The van der Waals surface area contributed by atoms with E-state index in [0.29, 0.717) is 10.9 Å². The van der Waals surface area contributed by atoms with Crippen LogP contribution in [0.5, 0.6) is 0 Å². The average Bonchev–Trinajstić information content (AvgIpc) is 3.16. The van der Waals surface area contributed by atoms with Gasteiger partial charge < -0.3 is 4.42 Å². The summed E-state index contributed by atoms with van der Waals surface area (Å²) in [7, 11) is 0. The van der Waals surface area contributed by atoms with E-state index in [2.05, 4.69) is 10.2 Å². The van der Waals surface area contributed by atoms with Gasteiger partial charge in [0.2, 0.25) is 0 Å². The van der Waals surface area contributed by atoms with Crippen molar-refractivity contribution < 1.29 is 9.34 Å². The molecule has 0 amide bonds. The van der Waals surface area contributed by atoms with Crippen LogP contribution < -0.4 is 0 Å². The zero-order chi connectivity index (χ0) is 17.1. The van der Waals surface area contributed by atoms with Gasteiger partial charge in [-0.15, -0.1) is 10.2 Å². The Labute approximate surface area is 142 Å². The third-order valence-electron chi connectivity index (χ3n) is 3.29. The second kappa shape index (κ2) is 6.71. The highest BCUT2D eigenvalue weighted by Gasteiger charge is 2.11. The molecule has 2 heterocycles. The Bertz CT molecular complexity index is 896. The van der Waals surface area contributed by atoms with E-state index in [1.165, 1.54) is 23.4 Å².